The Balaban J connectivity index is 4.24. The molecule has 1 atom stereocenters. The molecule has 0 aromatic rings. The third-order valence-corrected chi connectivity index (χ3v) is 2.99. The van der Waals surface area contributed by atoms with E-state index in [9.17, 15) is 9.59 Å². The Bertz CT molecular complexity index is 252. The fourth-order valence-corrected chi connectivity index (χ4v) is 1.55. The number of nitrogens with zero attached hydrogens (tertiary/aromatic N) is 2. The molecule has 0 heterocycles. The fourth-order valence-electron chi connectivity index (χ4n) is 1.55. The largest absolute Gasteiger partial charge is 0.469 e. The van der Waals surface area contributed by atoms with Crippen LogP contribution in [0, 0.1) is 0 Å². The summed E-state index contributed by atoms with van der Waals surface area (Å²) in [6.45, 7) is 7.74. The Morgan fingerprint density at radius 1 is 1.24 bits per heavy atom. The number of hydrogen-bond acceptors (Lipinski definition) is 4. The monoisotopic (exact) mass is 244 g/mol. The van der Waals surface area contributed by atoms with Gasteiger partial charge in [0.25, 0.3) is 0 Å². The minimum absolute atomic E-state index is 0.0994. The molecule has 0 aliphatic carbocycles. The molecular formula is C12H24N2O3. The van der Waals surface area contributed by atoms with Crippen LogP contribution in [0.4, 0.5) is 0 Å². The maximum atomic E-state index is 12.0. The van der Waals surface area contributed by atoms with E-state index in [4.69, 9.17) is 0 Å². The van der Waals surface area contributed by atoms with Gasteiger partial charge >= 0.3 is 5.97 Å². The van der Waals surface area contributed by atoms with Crippen LogP contribution >= 0.6 is 0 Å². The summed E-state index contributed by atoms with van der Waals surface area (Å²) in [5.74, 6) is -0.151. The highest BCUT2D eigenvalue weighted by molar-refractivity contribution is 5.81. The highest BCUT2D eigenvalue weighted by Crippen LogP contribution is 2.03. The molecule has 5 heteroatoms. The summed E-state index contributed by atoms with van der Waals surface area (Å²) in [6, 6.07) is -0.209. The minimum atomic E-state index is -0.251. The van der Waals surface area contributed by atoms with E-state index in [1.807, 2.05) is 32.7 Å². The van der Waals surface area contributed by atoms with Crippen molar-refractivity contribution in [3.05, 3.63) is 0 Å². The number of amides is 1. The molecule has 0 spiro atoms. The molecule has 0 aromatic heterocycles. The van der Waals surface area contributed by atoms with Crippen LogP contribution < -0.4 is 0 Å². The minimum Gasteiger partial charge on any atom is -0.469 e. The van der Waals surface area contributed by atoms with Gasteiger partial charge in [0.15, 0.2) is 0 Å². The Labute approximate surface area is 104 Å². The van der Waals surface area contributed by atoms with Crippen LogP contribution in [-0.4, -0.2) is 61.5 Å². The van der Waals surface area contributed by atoms with Crippen molar-refractivity contribution in [2.75, 3.05) is 33.8 Å². The van der Waals surface area contributed by atoms with Crippen LogP contribution in [0.5, 0.6) is 0 Å². The lowest BCUT2D eigenvalue weighted by Crippen LogP contribution is -2.46. The molecule has 0 radical (unpaired) electrons. The van der Waals surface area contributed by atoms with Crippen molar-refractivity contribution in [1.29, 1.82) is 0 Å². The first-order chi connectivity index (χ1) is 7.97. The van der Waals surface area contributed by atoms with E-state index in [-0.39, 0.29) is 17.9 Å². The molecule has 5 nitrogen and oxygen atoms in total. The first-order valence-electron chi connectivity index (χ1n) is 6.03. The first-order valence-corrected chi connectivity index (χ1v) is 6.03. The van der Waals surface area contributed by atoms with E-state index in [0.717, 1.165) is 0 Å². The lowest BCUT2D eigenvalue weighted by molar-refractivity contribution is -0.142. The molecule has 0 N–H and O–H groups in total. The highest BCUT2D eigenvalue weighted by Gasteiger charge is 2.22. The van der Waals surface area contributed by atoms with Crippen molar-refractivity contribution in [3.8, 4) is 0 Å². The number of methoxy groups -OCH3 is 1. The molecule has 0 aliphatic heterocycles. The standard InChI is InChI=1S/C12H24N2O3/c1-6-14(7-2)12(16)10(3)13(4)9-8-11(15)17-5/h10H,6-9H2,1-5H3. The van der Waals surface area contributed by atoms with Crippen molar-refractivity contribution >= 4 is 11.9 Å². The fraction of sp³-hybridized carbons (Fsp3) is 0.833. The second kappa shape index (κ2) is 8.06. The van der Waals surface area contributed by atoms with Crippen LogP contribution in [0.1, 0.15) is 27.2 Å². The third kappa shape index (κ3) is 5.17. The molecule has 17 heavy (non-hydrogen) atoms. The van der Waals surface area contributed by atoms with Crippen LogP contribution in [0.25, 0.3) is 0 Å². The summed E-state index contributed by atoms with van der Waals surface area (Å²) in [4.78, 5) is 26.7. The van der Waals surface area contributed by atoms with Crippen molar-refractivity contribution in [3.63, 3.8) is 0 Å². The first kappa shape index (κ1) is 15.9. The normalized spacial score (nSPS) is 12.4. The Kier molecular flexibility index (Phi) is 7.54. The molecule has 0 saturated carbocycles. The average Bonchev–Trinajstić information content (AvgIpc) is 2.35. The van der Waals surface area contributed by atoms with Crippen LogP contribution in [0.3, 0.4) is 0 Å². The summed E-state index contributed by atoms with van der Waals surface area (Å²) in [7, 11) is 3.21. The number of carbonyl (C=O) groups is 2. The summed E-state index contributed by atoms with van der Waals surface area (Å²) < 4.78 is 4.57. The lowest BCUT2D eigenvalue weighted by Gasteiger charge is -2.28. The maximum absolute atomic E-state index is 12.0. The molecular weight excluding hydrogens is 220 g/mol. The van der Waals surface area contributed by atoms with E-state index < -0.39 is 0 Å². The quantitative estimate of drug-likeness (QED) is 0.620. The molecule has 0 saturated heterocycles. The Morgan fingerprint density at radius 2 is 1.76 bits per heavy atom. The zero-order valence-corrected chi connectivity index (χ0v) is 11.5. The average molecular weight is 244 g/mol. The van der Waals surface area contributed by atoms with Gasteiger partial charge < -0.3 is 9.64 Å². The van der Waals surface area contributed by atoms with E-state index >= 15 is 0 Å². The SMILES string of the molecule is CCN(CC)C(=O)C(C)N(C)CCC(=O)OC. The third-order valence-electron chi connectivity index (χ3n) is 2.99. The van der Waals surface area contributed by atoms with E-state index in [2.05, 4.69) is 4.74 Å². The molecule has 0 aliphatic rings. The van der Waals surface area contributed by atoms with Gasteiger partial charge in [-0.25, -0.2) is 0 Å². The van der Waals surface area contributed by atoms with Gasteiger partial charge in [-0.1, -0.05) is 0 Å². The molecule has 0 bridgehead atoms. The summed E-state index contributed by atoms with van der Waals surface area (Å²) in [5, 5.41) is 0. The molecule has 0 aromatic carbocycles. The number of hydrogen-bond donors (Lipinski definition) is 0. The van der Waals surface area contributed by atoms with Crippen LogP contribution in [0.2, 0.25) is 0 Å². The smallest absolute Gasteiger partial charge is 0.306 e. The van der Waals surface area contributed by atoms with Gasteiger partial charge in [-0.3, -0.25) is 14.5 Å². The zero-order chi connectivity index (χ0) is 13.4. The number of rotatable bonds is 7. The topological polar surface area (TPSA) is 49.9 Å². The van der Waals surface area contributed by atoms with Crippen molar-refractivity contribution < 1.29 is 14.3 Å². The second-order valence-corrected chi connectivity index (χ2v) is 3.99. The number of carbonyl (C=O) groups excluding carboxylic acids is 2. The number of esters is 1. The van der Waals surface area contributed by atoms with Gasteiger partial charge in [0.05, 0.1) is 19.6 Å². The Hall–Kier alpha value is -1.10. The molecule has 1 unspecified atom stereocenters. The van der Waals surface area contributed by atoms with Crippen molar-refractivity contribution in [1.82, 2.24) is 9.80 Å². The van der Waals surface area contributed by atoms with Crippen LogP contribution in [0.15, 0.2) is 0 Å². The van der Waals surface area contributed by atoms with E-state index in [0.29, 0.717) is 26.1 Å². The lowest BCUT2D eigenvalue weighted by atomic mass is 10.2. The van der Waals surface area contributed by atoms with Crippen molar-refractivity contribution in [2.24, 2.45) is 0 Å². The second-order valence-electron chi connectivity index (χ2n) is 3.99. The predicted molar refractivity (Wildman–Crippen MR) is 66.7 cm³/mol. The zero-order valence-electron chi connectivity index (χ0n) is 11.5. The van der Waals surface area contributed by atoms with Gasteiger partial charge in [0, 0.05) is 19.6 Å². The van der Waals surface area contributed by atoms with Gasteiger partial charge in [0.2, 0.25) is 5.91 Å². The van der Waals surface area contributed by atoms with Crippen molar-refractivity contribution in [2.45, 2.75) is 33.2 Å². The van der Waals surface area contributed by atoms with Gasteiger partial charge in [-0.15, -0.1) is 0 Å². The summed E-state index contributed by atoms with van der Waals surface area (Å²) >= 11 is 0. The van der Waals surface area contributed by atoms with Gasteiger partial charge in [-0.05, 0) is 27.8 Å². The Morgan fingerprint density at radius 3 is 2.18 bits per heavy atom. The number of ether oxygens (including phenoxy) is 1. The van der Waals surface area contributed by atoms with Gasteiger partial charge in [-0.2, -0.15) is 0 Å². The van der Waals surface area contributed by atoms with Crippen LogP contribution in [-0.2, 0) is 14.3 Å². The molecule has 100 valence electrons. The highest BCUT2D eigenvalue weighted by atomic mass is 16.5. The summed E-state index contributed by atoms with van der Waals surface area (Å²) in [5.41, 5.74) is 0. The predicted octanol–water partition coefficient (Wildman–Crippen LogP) is 0.738. The molecule has 0 fully saturated rings. The maximum Gasteiger partial charge on any atom is 0.306 e. The molecule has 1 amide bonds. The van der Waals surface area contributed by atoms with E-state index in [1.54, 1.807) is 4.90 Å². The summed E-state index contributed by atoms with van der Waals surface area (Å²) in [6.07, 6.45) is 0.308. The molecule has 0 rings (SSSR count). The van der Waals surface area contributed by atoms with E-state index in [1.165, 1.54) is 7.11 Å². The number of likely N-dealkylation sites (N-methyl/N-ethyl adjacent to an activating group) is 2. The van der Waals surface area contributed by atoms with Gasteiger partial charge in [0.1, 0.15) is 0 Å².